The third-order valence-corrected chi connectivity index (χ3v) is 5.80. The van der Waals surface area contributed by atoms with Crippen molar-refractivity contribution >= 4 is 11.7 Å². The Hall–Kier alpha value is -3.21. The van der Waals surface area contributed by atoms with Crippen molar-refractivity contribution in [3.8, 4) is 11.8 Å². The number of amidine groups is 1. The summed E-state index contributed by atoms with van der Waals surface area (Å²) >= 11 is 0. The first-order valence-electron chi connectivity index (χ1n) is 10.5. The van der Waals surface area contributed by atoms with E-state index in [4.69, 9.17) is 15.6 Å². The van der Waals surface area contributed by atoms with Crippen LogP contribution in [0.4, 0.5) is 0 Å². The lowest BCUT2D eigenvalue weighted by atomic mass is 9.97. The zero-order chi connectivity index (χ0) is 22.1. The third-order valence-electron chi connectivity index (χ3n) is 5.80. The second-order valence-corrected chi connectivity index (χ2v) is 8.26. The standard InChI is InChI=1S/C24H26N4O3/c1-13(2)31-20-7-6-14(10-15(20)12-25)24(30)28-23(26)17-5-3-4-16-21(17)18-11-19(18)22(16)27-8-9-29/h3-7,10,13,18-19,22,27,29H,8-9,11H2,1-2H3,(H2,26,28,30). The number of hydrogen-bond acceptors (Lipinski definition) is 5. The smallest absolute Gasteiger partial charge is 0.278 e. The van der Waals surface area contributed by atoms with Crippen molar-refractivity contribution in [1.29, 1.82) is 5.26 Å². The van der Waals surface area contributed by atoms with Crippen molar-refractivity contribution in [2.24, 2.45) is 16.6 Å². The van der Waals surface area contributed by atoms with Crippen molar-refractivity contribution in [2.75, 3.05) is 13.2 Å². The molecule has 0 saturated heterocycles. The monoisotopic (exact) mass is 418 g/mol. The molecule has 2 aromatic carbocycles. The van der Waals surface area contributed by atoms with Gasteiger partial charge in [0, 0.05) is 23.7 Å². The van der Waals surface area contributed by atoms with E-state index in [2.05, 4.69) is 22.4 Å². The molecule has 4 rings (SSSR count). The van der Waals surface area contributed by atoms with E-state index in [9.17, 15) is 10.1 Å². The van der Waals surface area contributed by atoms with Gasteiger partial charge in [0.15, 0.2) is 0 Å². The van der Waals surface area contributed by atoms with E-state index in [0.717, 1.165) is 17.5 Å². The highest BCUT2D eigenvalue weighted by atomic mass is 16.5. The molecule has 0 aromatic heterocycles. The van der Waals surface area contributed by atoms with Gasteiger partial charge in [-0.2, -0.15) is 10.3 Å². The molecular formula is C24H26N4O3. The van der Waals surface area contributed by atoms with Crippen LogP contribution in [-0.2, 0) is 0 Å². The number of hydrogen-bond donors (Lipinski definition) is 3. The van der Waals surface area contributed by atoms with Gasteiger partial charge in [-0.05, 0) is 61.4 Å². The van der Waals surface area contributed by atoms with E-state index in [1.807, 2.05) is 26.0 Å². The van der Waals surface area contributed by atoms with Gasteiger partial charge in [0.25, 0.3) is 5.91 Å². The van der Waals surface area contributed by atoms with Crippen LogP contribution in [-0.4, -0.2) is 36.1 Å². The number of amides is 1. The van der Waals surface area contributed by atoms with E-state index < -0.39 is 5.91 Å². The predicted octanol–water partition coefficient (Wildman–Crippen LogP) is 2.63. The molecule has 0 radical (unpaired) electrons. The molecule has 160 valence electrons. The number of ether oxygens (including phenoxy) is 1. The van der Waals surface area contributed by atoms with Crippen LogP contribution >= 0.6 is 0 Å². The Kier molecular flexibility index (Phi) is 5.77. The normalized spacial score (nSPS) is 21.4. The van der Waals surface area contributed by atoms with Gasteiger partial charge in [-0.15, -0.1) is 0 Å². The molecule has 7 nitrogen and oxygen atoms in total. The van der Waals surface area contributed by atoms with E-state index in [1.165, 1.54) is 11.6 Å². The van der Waals surface area contributed by atoms with Crippen LogP contribution in [0.15, 0.2) is 41.4 Å². The minimum atomic E-state index is -0.497. The van der Waals surface area contributed by atoms with E-state index in [-0.39, 0.29) is 35.7 Å². The van der Waals surface area contributed by atoms with Gasteiger partial charge in [0.1, 0.15) is 17.7 Å². The number of rotatable bonds is 7. The predicted molar refractivity (Wildman–Crippen MR) is 117 cm³/mol. The average Bonchev–Trinajstić information content (AvgIpc) is 3.47. The van der Waals surface area contributed by atoms with Crippen LogP contribution in [0, 0.1) is 17.2 Å². The Morgan fingerprint density at radius 2 is 2.19 bits per heavy atom. The third kappa shape index (κ3) is 4.05. The van der Waals surface area contributed by atoms with Crippen molar-refractivity contribution in [1.82, 2.24) is 5.32 Å². The second kappa shape index (κ2) is 8.50. The summed E-state index contributed by atoms with van der Waals surface area (Å²) in [4.78, 5) is 16.9. The molecule has 3 atom stereocenters. The number of aliphatic hydroxyl groups excluding tert-OH is 1. The molecule has 0 aliphatic heterocycles. The molecule has 2 aliphatic carbocycles. The van der Waals surface area contributed by atoms with Gasteiger partial charge >= 0.3 is 0 Å². The molecule has 0 heterocycles. The maximum atomic E-state index is 12.8. The van der Waals surface area contributed by atoms with Crippen LogP contribution in [0.3, 0.4) is 0 Å². The number of fused-ring (bicyclic) bond motifs is 3. The number of carbonyl (C=O) groups excluding carboxylic acids is 1. The van der Waals surface area contributed by atoms with Crippen LogP contribution in [0.25, 0.3) is 0 Å². The van der Waals surface area contributed by atoms with Crippen LogP contribution in [0.2, 0.25) is 0 Å². The molecule has 2 aliphatic rings. The molecule has 7 heteroatoms. The zero-order valence-electron chi connectivity index (χ0n) is 17.6. The molecule has 1 saturated carbocycles. The average molecular weight is 418 g/mol. The summed E-state index contributed by atoms with van der Waals surface area (Å²) in [5.74, 6) is 1.02. The zero-order valence-corrected chi connectivity index (χ0v) is 17.6. The Bertz CT molecular complexity index is 1090. The molecule has 0 bridgehead atoms. The molecule has 1 amide bonds. The lowest BCUT2D eigenvalue weighted by molar-refractivity contribution is 0.100. The molecule has 31 heavy (non-hydrogen) atoms. The molecular weight excluding hydrogens is 392 g/mol. The van der Waals surface area contributed by atoms with Gasteiger partial charge in [-0.3, -0.25) is 4.79 Å². The lowest BCUT2D eigenvalue weighted by Crippen LogP contribution is -2.25. The molecule has 0 spiro atoms. The first kappa shape index (κ1) is 21.0. The quantitative estimate of drug-likeness (QED) is 0.470. The summed E-state index contributed by atoms with van der Waals surface area (Å²) in [5.41, 5.74) is 9.95. The number of nitrogens with two attached hydrogens (primary N) is 1. The van der Waals surface area contributed by atoms with E-state index >= 15 is 0 Å². The summed E-state index contributed by atoms with van der Waals surface area (Å²) < 4.78 is 5.61. The number of aliphatic imine (C=N–C) groups is 1. The van der Waals surface area contributed by atoms with Gasteiger partial charge in [0.05, 0.1) is 18.3 Å². The number of nitrogens with zero attached hydrogens (tertiary/aromatic N) is 2. The fraction of sp³-hybridized carbons (Fsp3) is 0.375. The number of nitrogens with one attached hydrogen (secondary N) is 1. The maximum Gasteiger partial charge on any atom is 0.278 e. The van der Waals surface area contributed by atoms with Gasteiger partial charge in [0.2, 0.25) is 0 Å². The molecule has 4 N–H and O–H groups in total. The SMILES string of the molecule is CC(C)Oc1ccc(C(=O)N=C(N)c2cccc3c2C2CC2C3NCCO)cc1C#N. The summed E-state index contributed by atoms with van der Waals surface area (Å²) in [6.45, 7) is 4.37. The second-order valence-electron chi connectivity index (χ2n) is 8.26. The fourth-order valence-electron chi connectivity index (χ4n) is 4.46. The molecule has 2 aromatic rings. The Morgan fingerprint density at radius 3 is 2.90 bits per heavy atom. The van der Waals surface area contributed by atoms with Gasteiger partial charge in [-0.25, -0.2) is 0 Å². The van der Waals surface area contributed by atoms with Crippen molar-refractivity contribution < 1.29 is 14.6 Å². The molecule has 1 fully saturated rings. The first-order valence-corrected chi connectivity index (χ1v) is 10.5. The Balaban J connectivity index is 1.61. The van der Waals surface area contributed by atoms with Crippen LogP contribution in [0.1, 0.15) is 64.8 Å². The van der Waals surface area contributed by atoms with Crippen molar-refractivity contribution in [2.45, 2.75) is 38.3 Å². The van der Waals surface area contributed by atoms with Crippen LogP contribution < -0.4 is 15.8 Å². The fourth-order valence-corrected chi connectivity index (χ4v) is 4.46. The Labute approximate surface area is 181 Å². The minimum Gasteiger partial charge on any atom is -0.490 e. The van der Waals surface area contributed by atoms with Crippen molar-refractivity contribution in [3.63, 3.8) is 0 Å². The lowest BCUT2D eigenvalue weighted by Gasteiger charge is -2.17. The summed E-state index contributed by atoms with van der Waals surface area (Å²) in [5, 5.41) is 22.0. The maximum absolute atomic E-state index is 12.8. The first-order chi connectivity index (χ1) is 14.9. The minimum absolute atomic E-state index is 0.0792. The van der Waals surface area contributed by atoms with Gasteiger partial charge in [-0.1, -0.05) is 18.2 Å². The van der Waals surface area contributed by atoms with E-state index in [0.29, 0.717) is 24.1 Å². The summed E-state index contributed by atoms with van der Waals surface area (Å²) in [6, 6.07) is 12.8. The highest BCUT2D eigenvalue weighted by molar-refractivity contribution is 6.09. The summed E-state index contributed by atoms with van der Waals surface area (Å²) in [7, 11) is 0. The largest absolute Gasteiger partial charge is 0.490 e. The topological polar surface area (TPSA) is 121 Å². The van der Waals surface area contributed by atoms with Crippen LogP contribution in [0.5, 0.6) is 5.75 Å². The van der Waals surface area contributed by atoms with Crippen molar-refractivity contribution in [3.05, 3.63) is 64.2 Å². The van der Waals surface area contributed by atoms with Gasteiger partial charge < -0.3 is 20.9 Å². The number of nitriles is 1. The summed E-state index contributed by atoms with van der Waals surface area (Å²) in [6.07, 6.45) is 0.987. The number of aliphatic hydroxyl groups is 1. The molecule has 3 unspecified atom stereocenters. The highest BCUT2D eigenvalue weighted by Gasteiger charge is 2.52. The van der Waals surface area contributed by atoms with E-state index in [1.54, 1.807) is 12.1 Å². The Morgan fingerprint density at radius 1 is 1.39 bits per heavy atom. The number of carbonyl (C=O) groups is 1. The number of benzene rings is 2. The highest BCUT2D eigenvalue weighted by Crippen LogP contribution is 2.62.